The van der Waals surface area contributed by atoms with E-state index in [0.29, 0.717) is 17.8 Å². The fourth-order valence-corrected chi connectivity index (χ4v) is 4.68. The lowest BCUT2D eigenvalue weighted by Gasteiger charge is -2.25. The molecule has 6 nitrogen and oxygen atoms in total. The third-order valence-electron chi connectivity index (χ3n) is 5.98. The van der Waals surface area contributed by atoms with Gasteiger partial charge in [0.1, 0.15) is 22.2 Å². The van der Waals surface area contributed by atoms with Crippen LogP contribution in [0.15, 0.2) is 72.8 Å². The van der Waals surface area contributed by atoms with Crippen molar-refractivity contribution in [1.82, 2.24) is 20.2 Å². The van der Waals surface area contributed by atoms with E-state index in [-0.39, 0.29) is 17.8 Å². The van der Waals surface area contributed by atoms with Gasteiger partial charge in [0.2, 0.25) is 0 Å². The van der Waals surface area contributed by atoms with Crippen molar-refractivity contribution < 1.29 is 18.7 Å². The molecule has 2 atom stereocenters. The molecule has 1 aromatic heterocycles. The monoisotopic (exact) mass is 522 g/mol. The van der Waals surface area contributed by atoms with E-state index in [2.05, 4.69) is 39.3 Å². The predicted molar refractivity (Wildman–Crippen MR) is 140 cm³/mol. The second-order valence-corrected chi connectivity index (χ2v) is 9.50. The minimum absolute atomic E-state index is 0.0293. The Labute approximate surface area is 218 Å². The van der Waals surface area contributed by atoms with Gasteiger partial charge in [0.05, 0.1) is 12.1 Å². The third-order valence-corrected chi connectivity index (χ3v) is 6.71. The number of amides is 1. The summed E-state index contributed by atoms with van der Waals surface area (Å²) >= 11 is 0.946. The standard InChI is InChI=1S/C28H28F2N4O2S/c1-2-18-7-6-8-19(11-18)16-31-17-25(35)24(14-20-12-22(29)15-23(30)13-20)32-28(36)27-26(33-34-37-27)21-9-4-3-5-10-21/h3-13,15,24-25,31,35H,2,14,16-17H2,1H3,(H,32,36). The van der Waals surface area contributed by atoms with Crippen LogP contribution in [-0.4, -0.2) is 39.3 Å². The van der Waals surface area contributed by atoms with E-state index in [1.807, 2.05) is 42.5 Å². The Hall–Kier alpha value is -3.53. The Balaban J connectivity index is 1.50. The molecule has 1 heterocycles. The SMILES string of the molecule is CCc1cccc(CNCC(O)C(Cc2cc(F)cc(F)c2)NC(=O)c2snnc2-c2ccccc2)c1. The van der Waals surface area contributed by atoms with Gasteiger partial charge in [0.25, 0.3) is 5.91 Å². The second kappa shape index (κ2) is 12.6. The highest BCUT2D eigenvalue weighted by Gasteiger charge is 2.26. The van der Waals surface area contributed by atoms with Crippen LogP contribution in [0.25, 0.3) is 11.3 Å². The molecule has 37 heavy (non-hydrogen) atoms. The first-order valence-corrected chi connectivity index (χ1v) is 12.8. The fourth-order valence-electron chi connectivity index (χ4n) is 4.09. The molecule has 0 saturated heterocycles. The lowest BCUT2D eigenvalue weighted by molar-refractivity contribution is 0.0834. The van der Waals surface area contributed by atoms with Crippen LogP contribution in [-0.2, 0) is 19.4 Å². The summed E-state index contributed by atoms with van der Waals surface area (Å²) in [5.74, 6) is -1.91. The van der Waals surface area contributed by atoms with Crippen LogP contribution in [0.3, 0.4) is 0 Å². The number of nitrogens with one attached hydrogen (secondary N) is 2. The molecule has 4 aromatic rings. The largest absolute Gasteiger partial charge is 0.390 e. The maximum atomic E-state index is 13.8. The van der Waals surface area contributed by atoms with E-state index in [1.54, 1.807) is 0 Å². The number of aliphatic hydroxyl groups excluding tert-OH is 1. The van der Waals surface area contributed by atoms with Crippen molar-refractivity contribution in [3.05, 3.63) is 106 Å². The number of aryl methyl sites for hydroxylation is 1. The Morgan fingerprint density at radius 1 is 0.973 bits per heavy atom. The maximum absolute atomic E-state index is 13.8. The number of benzene rings is 3. The van der Waals surface area contributed by atoms with Crippen molar-refractivity contribution in [1.29, 1.82) is 0 Å². The molecule has 0 saturated carbocycles. The Morgan fingerprint density at radius 2 is 1.70 bits per heavy atom. The van der Waals surface area contributed by atoms with Crippen molar-refractivity contribution in [2.45, 2.75) is 38.5 Å². The fraction of sp³-hybridized carbons (Fsp3) is 0.250. The molecule has 1 amide bonds. The van der Waals surface area contributed by atoms with E-state index < -0.39 is 29.7 Å². The van der Waals surface area contributed by atoms with E-state index in [1.165, 1.54) is 17.7 Å². The first-order chi connectivity index (χ1) is 17.9. The number of hydrogen-bond donors (Lipinski definition) is 3. The summed E-state index contributed by atoms with van der Waals surface area (Å²) in [4.78, 5) is 13.5. The summed E-state index contributed by atoms with van der Waals surface area (Å²) in [7, 11) is 0. The van der Waals surface area contributed by atoms with Gasteiger partial charge in [-0.2, -0.15) is 0 Å². The van der Waals surface area contributed by atoms with E-state index in [9.17, 15) is 18.7 Å². The topological polar surface area (TPSA) is 87.1 Å². The van der Waals surface area contributed by atoms with Crippen LogP contribution in [0.4, 0.5) is 8.78 Å². The van der Waals surface area contributed by atoms with E-state index >= 15 is 0 Å². The van der Waals surface area contributed by atoms with Crippen molar-refractivity contribution in [2.24, 2.45) is 0 Å². The minimum Gasteiger partial charge on any atom is -0.390 e. The zero-order valence-corrected chi connectivity index (χ0v) is 21.1. The zero-order chi connectivity index (χ0) is 26.2. The summed E-state index contributed by atoms with van der Waals surface area (Å²) < 4.78 is 31.6. The van der Waals surface area contributed by atoms with Crippen molar-refractivity contribution >= 4 is 17.4 Å². The van der Waals surface area contributed by atoms with Crippen molar-refractivity contribution in [3.8, 4) is 11.3 Å². The summed E-state index contributed by atoms with van der Waals surface area (Å²) in [6.07, 6.45) is -0.0844. The Morgan fingerprint density at radius 3 is 2.43 bits per heavy atom. The molecular formula is C28H28F2N4O2S. The van der Waals surface area contributed by atoms with E-state index in [4.69, 9.17) is 0 Å². The smallest absolute Gasteiger partial charge is 0.265 e. The third kappa shape index (κ3) is 7.25. The zero-order valence-electron chi connectivity index (χ0n) is 20.3. The number of nitrogens with zero attached hydrogens (tertiary/aromatic N) is 2. The molecule has 0 fully saturated rings. The molecule has 0 bridgehead atoms. The highest BCUT2D eigenvalue weighted by Crippen LogP contribution is 2.24. The lowest BCUT2D eigenvalue weighted by Crippen LogP contribution is -2.48. The van der Waals surface area contributed by atoms with Gasteiger partial charge in [0.15, 0.2) is 0 Å². The van der Waals surface area contributed by atoms with Crippen LogP contribution < -0.4 is 10.6 Å². The van der Waals surface area contributed by atoms with Gasteiger partial charge in [-0.3, -0.25) is 4.79 Å². The molecule has 0 aliphatic rings. The molecule has 192 valence electrons. The number of halogens is 2. The van der Waals surface area contributed by atoms with Crippen LogP contribution in [0, 0.1) is 11.6 Å². The highest BCUT2D eigenvalue weighted by molar-refractivity contribution is 7.08. The number of aliphatic hydroxyl groups is 1. The van der Waals surface area contributed by atoms with Gasteiger partial charge < -0.3 is 15.7 Å². The van der Waals surface area contributed by atoms with Crippen molar-refractivity contribution in [3.63, 3.8) is 0 Å². The quantitative estimate of drug-likeness (QED) is 0.269. The molecule has 3 aromatic carbocycles. The average molecular weight is 523 g/mol. The summed E-state index contributed by atoms with van der Waals surface area (Å²) in [6, 6.07) is 19.7. The maximum Gasteiger partial charge on any atom is 0.265 e. The summed E-state index contributed by atoms with van der Waals surface area (Å²) in [5.41, 5.74) is 3.78. The van der Waals surface area contributed by atoms with Crippen LogP contribution in [0.5, 0.6) is 0 Å². The van der Waals surface area contributed by atoms with Gasteiger partial charge >= 0.3 is 0 Å². The number of rotatable bonds is 11. The normalized spacial score (nSPS) is 12.8. The van der Waals surface area contributed by atoms with Crippen molar-refractivity contribution in [2.75, 3.05) is 6.54 Å². The number of aromatic nitrogens is 2. The van der Waals surface area contributed by atoms with E-state index in [0.717, 1.165) is 35.1 Å². The molecule has 2 unspecified atom stereocenters. The van der Waals surface area contributed by atoms with Gasteiger partial charge in [0, 0.05) is 24.7 Å². The van der Waals surface area contributed by atoms with Crippen LogP contribution in [0.1, 0.15) is 33.3 Å². The van der Waals surface area contributed by atoms with Crippen LogP contribution >= 0.6 is 11.5 Å². The molecule has 0 aliphatic carbocycles. The molecular weight excluding hydrogens is 494 g/mol. The summed E-state index contributed by atoms with van der Waals surface area (Å²) in [6.45, 7) is 2.77. The van der Waals surface area contributed by atoms with Gasteiger partial charge in [-0.05, 0) is 53.2 Å². The Bertz CT molecular complexity index is 1310. The van der Waals surface area contributed by atoms with Gasteiger partial charge in [-0.15, -0.1) is 5.10 Å². The Kier molecular flexibility index (Phi) is 9.05. The average Bonchev–Trinajstić information content (AvgIpc) is 3.39. The predicted octanol–water partition coefficient (Wildman–Crippen LogP) is 4.54. The second-order valence-electron chi connectivity index (χ2n) is 8.75. The first kappa shape index (κ1) is 26.5. The number of carbonyl (C=O) groups excluding carboxylic acids is 1. The molecule has 3 N–H and O–H groups in total. The number of hydrogen-bond acceptors (Lipinski definition) is 6. The highest BCUT2D eigenvalue weighted by atomic mass is 32.1. The molecule has 0 aliphatic heterocycles. The van der Waals surface area contributed by atoms with Gasteiger partial charge in [-0.25, -0.2) is 8.78 Å². The molecule has 4 rings (SSSR count). The molecule has 0 radical (unpaired) electrons. The van der Waals surface area contributed by atoms with Gasteiger partial charge in [-0.1, -0.05) is 66.0 Å². The molecule has 9 heteroatoms. The lowest BCUT2D eigenvalue weighted by atomic mass is 10.00. The minimum atomic E-state index is -1.04. The first-order valence-electron chi connectivity index (χ1n) is 12.0. The molecule has 0 spiro atoms. The van der Waals surface area contributed by atoms with Crippen LogP contribution in [0.2, 0.25) is 0 Å². The number of carbonyl (C=O) groups is 1. The summed E-state index contributed by atoms with van der Waals surface area (Å²) in [5, 5.41) is 21.2.